The highest BCUT2D eigenvalue weighted by molar-refractivity contribution is 6.35. The molecule has 1 aromatic rings. The van der Waals surface area contributed by atoms with Crippen LogP contribution in [0.5, 0.6) is 5.75 Å². The number of nitrogens with zero attached hydrogens (tertiary/aromatic N) is 1. The molecule has 22 heavy (non-hydrogen) atoms. The molecule has 0 bridgehead atoms. The van der Waals surface area contributed by atoms with Crippen molar-refractivity contribution in [3.8, 4) is 5.75 Å². The first-order valence-electron chi connectivity index (χ1n) is 6.30. The van der Waals surface area contributed by atoms with Crippen LogP contribution in [-0.2, 0) is 9.53 Å². The average Bonchev–Trinajstić information content (AvgIpc) is 2.36. The summed E-state index contributed by atoms with van der Waals surface area (Å²) >= 11 is 12.0. The number of fused-ring (bicyclic) bond motifs is 1. The Bertz CT molecular complexity index is 675. The van der Waals surface area contributed by atoms with E-state index in [1.54, 1.807) is 6.92 Å². The van der Waals surface area contributed by atoms with E-state index in [4.69, 9.17) is 38.4 Å². The number of carbonyl (C=O) groups excluding carboxylic acids is 1. The highest BCUT2D eigenvalue weighted by Gasteiger charge is 2.39. The summed E-state index contributed by atoms with van der Waals surface area (Å²) in [5.41, 5.74) is 5.92. The van der Waals surface area contributed by atoms with Crippen LogP contribution in [-0.4, -0.2) is 24.0 Å². The molecular formula is C13H12Cl2N2O5. The number of hydrogen-bond donors (Lipinski definition) is 1. The molecule has 0 saturated heterocycles. The summed E-state index contributed by atoms with van der Waals surface area (Å²) in [4.78, 5) is 22.5. The Balaban J connectivity index is 2.59. The number of benzene rings is 1. The highest BCUT2D eigenvalue weighted by Crippen LogP contribution is 2.44. The summed E-state index contributed by atoms with van der Waals surface area (Å²) in [6, 6.07) is 2.85. The van der Waals surface area contributed by atoms with Gasteiger partial charge in [0.15, 0.2) is 0 Å². The third-order valence-electron chi connectivity index (χ3n) is 3.07. The van der Waals surface area contributed by atoms with Crippen LogP contribution < -0.4 is 10.5 Å². The lowest BCUT2D eigenvalue weighted by Gasteiger charge is -2.26. The summed E-state index contributed by atoms with van der Waals surface area (Å²) in [6.45, 7) is 1.14. The smallest absolute Gasteiger partial charge is 0.340 e. The normalized spacial score (nSPS) is 16.8. The van der Waals surface area contributed by atoms with Gasteiger partial charge in [0.05, 0.1) is 12.5 Å². The maximum absolute atomic E-state index is 12.1. The Morgan fingerprint density at radius 3 is 2.77 bits per heavy atom. The zero-order valence-corrected chi connectivity index (χ0v) is 13.0. The number of esters is 1. The van der Waals surface area contributed by atoms with E-state index in [1.807, 2.05) is 0 Å². The first-order valence-corrected chi connectivity index (χ1v) is 7.06. The van der Waals surface area contributed by atoms with Crippen molar-refractivity contribution in [2.75, 3.05) is 13.2 Å². The Morgan fingerprint density at radius 1 is 1.50 bits per heavy atom. The van der Waals surface area contributed by atoms with Gasteiger partial charge >= 0.3 is 5.97 Å². The summed E-state index contributed by atoms with van der Waals surface area (Å²) in [6.07, 6.45) is 0. The van der Waals surface area contributed by atoms with E-state index in [1.165, 1.54) is 12.1 Å². The molecule has 0 fully saturated rings. The highest BCUT2D eigenvalue weighted by atomic mass is 35.5. The van der Waals surface area contributed by atoms with E-state index in [9.17, 15) is 14.9 Å². The standard InChI is InChI=1S/C13H12Cl2N2O5/c1-2-21-13(18)11-7(5-17(19)20)10-8(15)3-6(14)4-9(10)22-12(11)16/h3-4,7H,2,5,16H2,1H3. The topological polar surface area (TPSA) is 105 Å². The number of nitro groups is 1. The molecule has 118 valence electrons. The maximum atomic E-state index is 12.1. The van der Waals surface area contributed by atoms with Crippen LogP contribution in [0.2, 0.25) is 10.0 Å². The fourth-order valence-corrected chi connectivity index (χ4v) is 2.86. The Hall–Kier alpha value is -1.99. The average molecular weight is 347 g/mol. The monoisotopic (exact) mass is 346 g/mol. The first kappa shape index (κ1) is 16.4. The lowest BCUT2D eigenvalue weighted by atomic mass is 9.88. The van der Waals surface area contributed by atoms with E-state index < -0.39 is 23.4 Å². The maximum Gasteiger partial charge on any atom is 0.340 e. The SMILES string of the molecule is CCOC(=O)C1=C(N)Oc2cc(Cl)cc(Cl)c2C1C[N+](=O)[O-]. The van der Waals surface area contributed by atoms with Gasteiger partial charge in [0.1, 0.15) is 11.3 Å². The third kappa shape index (κ3) is 3.10. The summed E-state index contributed by atoms with van der Waals surface area (Å²) in [7, 11) is 0. The van der Waals surface area contributed by atoms with Crippen molar-refractivity contribution in [1.29, 1.82) is 0 Å². The summed E-state index contributed by atoms with van der Waals surface area (Å²) < 4.78 is 10.2. The molecule has 0 radical (unpaired) electrons. The van der Waals surface area contributed by atoms with Gasteiger partial charge in [-0.05, 0) is 19.1 Å². The second-order valence-electron chi connectivity index (χ2n) is 4.47. The van der Waals surface area contributed by atoms with Crippen molar-refractivity contribution in [3.63, 3.8) is 0 Å². The van der Waals surface area contributed by atoms with Gasteiger partial charge in [0.2, 0.25) is 12.4 Å². The van der Waals surface area contributed by atoms with Gasteiger partial charge in [0, 0.05) is 20.5 Å². The predicted octanol–water partition coefficient (Wildman–Crippen LogP) is 2.48. The van der Waals surface area contributed by atoms with Gasteiger partial charge in [-0.3, -0.25) is 10.1 Å². The van der Waals surface area contributed by atoms with Gasteiger partial charge in [0.25, 0.3) is 0 Å². The molecule has 0 aliphatic carbocycles. The number of rotatable bonds is 4. The van der Waals surface area contributed by atoms with Crippen LogP contribution in [0.15, 0.2) is 23.6 Å². The van der Waals surface area contributed by atoms with Crippen LogP contribution in [0, 0.1) is 10.1 Å². The molecule has 0 aromatic heterocycles. The first-order chi connectivity index (χ1) is 10.3. The molecule has 0 saturated carbocycles. The van der Waals surface area contributed by atoms with Gasteiger partial charge in [-0.1, -0.05) is 23.2 Å². The largest absolute Gasteiger partial charge is 0.462 e. The number of carbonyl (C=O) groups is 1. The molecule has 1 aliphatic rings. The van der Waals surface area contributed by atoms with E-state index in [0.717, 1.165) is 0 Å². The fraction of sp³-hybridized carbons (Fsp3) is 0.308. The number of hydrogen-bond acceptors (Lipinski definition) is 6. The number of nitrogens with two attached hydrogens (primary N) is 1. The van der Waals surface area contributed by atoms with E-state index >= 15 is 0 Å². The Kier molecular flexibility index (Phi) is 4.77. The van der Waals surface area contributed by atoms with Crippen LogP contribution in [0.1, 0.15) is 18.4 Å². The minimum absolute atomic E-state index is 0.0992. The minimum atomic E-state index is -0.970. The molecule has 2 N–H and O–H groups in total. The molecule has 1 heterocycles. The lowest BCUT2D eigenvalue weighted by Crippen LogP contribution is -2.30. The van der Waals surface area contributed by atoms with Crippen molar-refractivity contribution in [2.24, 2.45) is 5.73 Å². The molecule has 0 spiro atoms. The fourth-order valence-electron chi connectivity index (χ4n) is 2.26. The number of ether oxygens (including phenoxy) is 2. The van der Waals surface area contributed by atoms with Crippen molar-refractivity contribution >= 4 is 29.2 Å². The molecule has 1 unspecified atom stereocenters. The molecule has 2 rings (SSSR count). The zero-order chi connectivity index (χ0) is 16.4. The third-order valence-corrected chi connectivity index (χ3v) is 3.60. The van der Waals surface area contributed by atoms with Gasteiger partial charge in [-0.2, -0.15) is 0 Å². The Morgan fingerprint density at radius 2 is 2.18 bits per heavy atom. The summed E-state index contributed by atoms with van der Waals surface area (Å²) in [5.74, 6) is -1.81. The van der Waals surface area contributed by atoms with Crippen LogP contribution in [0.4, 0.5) is 0 Å². The molecule has 7 nitrogen and oxygen atoms in total. The van der Waals surface area contributed by atoms with Crippen molar-refractivity contribution in [3.05, 3.63) is 49.3 Å². The van der Waals surface area contributed by atoms with E-state index in [0.29, 0.717) is 5.56 Å². The van der Waals surface area contributed by atoms with E-state index in [-0.39, 0.29) is 33.9 Å². The van der Waals surface area contributed by atoms with Crippen molar-refractivity contribution in [2.45, 2.75) is 12.8 Å². The van der Waals surface area contributed by atoms with Gasteiger partial charge in [-0.25, -0.2) is 4.79 Å². The van der Waals surface area contributed by atoms with Gasteiger partial charge in [-0.15, -0.1) is 0 Å². The lowest BCUT2D eigenvalue weighted by molar-refractivity contribution is -0.482. The van der Waals surface area contributed by atoms with Crippen molar-refractivity contribution in [1.82, 2.24) is 0 Å². The second-order valence-corrected chi connectivity index (χ2v) is 5.31. The molecule has 1 aromatic carbocycles. The molecular weight excluding hydrogens is 335 g/mol. The molecule has 0 amide bonds. The quantitative estimate of drug-likeness (QED) is 0.510. The molecule has 1 atom stereocenters. The Labute approximate surface area is 135 Å². The van der Waals surface area contributed by atoms with Crippen LogP contribution >= 0.6 is 23.2 Å². The zero-order valence-electron chi connectivity index (χ0n) is 11.5. The van der Waals surface area contributed by atoms with Gasteiger partial charge < -0.3 is 15.2 Å². The number of halogens is 2. The minimum Gasteiger partial charge on any atom is -0.462 e. The molecule has 1 aliphatic heterocycles. The predicted molar refractivity (Wildman–Crippen MR) is 79.5 cm³/mol. The summed E-state index contributed by atoms with van der Waals surface area (Å²) in [5, 5.41) is 11.4. The van der Waals surface area contributed by atoms with E-state index in [2.05, 4.69) is 0 Å². The molecule has 9 heteroatoms. The second kappa shape index (κ2) is 6.41. The van der Waals surface area contributed by atoms with Crippen LogP contribution in [0.25, 0.3) is 0 Å². The van der Waals surface area contributed by atoms with Crippen molar-refractivity contribution < 1.29 is 19.2 Å². The van der Waals surface area contributed by atoms with Crippen LogP contribution in [0.3, 0.4) is 0 Å².